The fourth-order valence-corrected chi connectivity index (χ4v) is 2.62. The summed E-state index contributed by atoms with van der Waals surface area (Å²) in [5, 5.41) is 21.1. The molecular formula is C17H21N5O. The average molecular weight is 311 g/mol. The van der Waals surface area contributed by atoms with Gasteiger partial charge in [0.1, 0.15) is 0 Å². The zero-order valence-corrected chi connectivity index (χ0v) is 13.4. The average Bonchev–Trinajstić information content (AvgIpc) is 3.12. The van der Waals surface area contributed by atoms with E-state index < -0.39 is 0 Å². The molecule has 120 valence electrons. The third kappa shape index (κ3) is 3.27. The van der Waals surface area contributed by atoms with Gasteiger partial charge in [-0.3, -0.25) is 4.68 Å². The quantitative estimate of drug-likeness (QED) is 0.733. The van der Waals surface area contributed by atoms with E-state index in [4.69, 9.17) is 5.11 Å². The molecule has 3 rings (SSSR count). The lowest BCUT2D eigenvalue weighted by Crippen LogP contribution is -2.03. The Balaban J connectivity index is 1.76. The predicted octanol–water partition coefficient (Wildman–Crippen LogP) is 2.29. The second-order valence-corrected chi connectivity index (χ2v) is 5.47. The molecule has 0 spiro atoms. The molecule has 0 bridgehead atoms. The van der Waals surface area contributed by atoms with E-state index in [0.29, 0.717) is 13.1 Å². The van der Waals surface area contributed by atoms with Crippen molar-refractivity contribution in [3.8, 4) is 5.69 Å². The molecule has 0 atom stereocenters. The second kappa shape index (κ2) is 6.66. The largest absolute Gasteiger partial charge is 0.394 e. The Labute approximate surface area is 135 Å². The zero-order valence-electron chi connectivity index (χ0n) is 13.4. The Morgan fingerprint density at radius 3 is 2.70 bits per heavy atom. The van der Waals surface area contributed by atoms with Crippen LogP contribution in [-0.2, 0) is 13.1 Å². The van der Waals surface area contributed by atoms with E-state index in [1.807, 2.05) is 36.0 Å². The number of benzene rings is 1. The van der Waals surface area contributed by atoms with Crippen molar-refractivity contribution in [2.24, 2.45) is 0 Å². The number of nitrogens with zero attached hydrogens (tertiary/aromatic N) is 4. The molecule has 2 heterocycles. The van der Waals surface area contributed by atoms with E-state index in [-0.39, 0.29) is 6.61 Å². The number of nitrogens with one attached hydrogen (secondary N) is 1. The topological polar surface area (TPSA) is 67.9 Å². The number of aliphatic hydroxyl groups is 1. The lowest BCUT2D eigenvalue weighted by atomic mass is 10.2. The lowest BCUT2D eigenvalue weighted by Gasteiger charge is -2.06. The van der Waals surface area contributed by atoms with Crippen molar-refractivity contribution in [2.45, 2.75) is 26.9 Å². The van der Waals surface area contributed by atoms with Gasteiger partial charge in [-0.2, -0.15) is 10.2 Å². The van der Waals surface area contributed by atoms with Crippen LogP contribution in [0.2, 0.25) is 0 Å². The third-order valence-corrected chi connectivity index (χ3v) is 3.87. The van der Waals surface area contributed by atoms with Crippen LogP contribution in [0.25, 0.3) is 5.69 Å². The maximum absolute atomic E-state index is 8.93. The van der Waals surface area contributed by atoms with Gasteiger partial charge < -0.3 is 10.4 Å². The van der Waals surface area contributed by atoms with Gasteiger partial charge in [0.2, 0.25) is 0 Å². The molecule has 1 aromatic carbocycles. The first kappa shape index (κ1) is 15.3. The fourth-order valence-electron chi connectivity index (χ4n) is 2.62. The van der Waals surface area contributed by atoms with Gasteiger partial charge in [0.05, 0.1) is 36.4 Å². The van der Waals surface area contributed by atoms with Gasteiger partial charge in [-0.05, 0) is 26.0 Å². The Morgan fingerprint density at radius 2 is 1.96 bits per heavy atom. The summed E-state index contributed by atoms with van der Waals surface area (Å²) >= 11 is 0. The van der Waals surface area contributed by atoms with Crippen LogP contribution in [0.4, 0.5) is 5.69 Å². The molecule has 0 fully saturated rings. The molecule has 6 heteroatoms. The van der Waals surface area contributed by atoms with E-state index in [9.17, 15) is 0 Å². The first-order chi connectivity index (χ1) is 11.2. The highest BCUT2D eigenvalue weighted by Crippen LogP contribution is 2.19. The summed E-state index contributed by atoms with van der Waals surface area (Å²) in [6, 6.07) is 10.1. The number of aliphatic hydroxyl groups excluding tert-OH is 1. The highest BCUT2D eigenvalue weighted by atomic mass is 16.3. The van der Waals surface area contributed by atoms with Crippen molar-refractivity contribution < 1.29 is 5.11 Å². The molecule has 3 aromatic rings. The van der Waals surface area contributed by atoms with Gasteiger partial charge in [-0.15, -0.1) is 0 Å². The highest BCUT2D eigenvalue weighted by Gasteiger charge is 2.12. The normalized spacial score (nSPS) is 10.9. The minimum absolute atomic E-state index is 0.0865. The van der Waals surface area contributed by atoms with E-state index in [1.165, 1.54) is 5.56 Å². The Morgan fingerprint density at radius 1 is 1.17 bits per heavy atom. The molecular weight excluding hydrogens is 290 g/mol. The minimum atomic E-state index is 0.0865. The molecule has 0 radical (unpaired) electrons. The fraction of sp³-hybridized carbons (Fsp3) is 0.294. The van der Waals surface area contributed by atoms with Crippen LogP contribution >= 0.6 is 0 Å². The summed E-state index contributed by atoms with van der Waals surface area (Å²) in [5.41, 5.74) is 5.33. The molecule has 0 amide bonds. The number of hydrogen-bond donors (Lipinski definition) is 2. The SMILES string of the molecule is Cc1nn(-c2ccccc2)c(C)c1CNc1cnn(CCO)c1. The zero-order chi connectivity index (χ0) is 16.2. The summed E-state index contributed by atoms with van der Waals surface area (Å²) in [6.07, 6.45) is 3.66. The van der Waals surface area contributed by atoms with Gasteiger partial charge in [0.15, 0.2) is 0 Å². The summed E-state index contributed by atoms with van der Waals surface area (Å²) in [4.78, 5) is 0. The predicted molar refractivity (Wildman–Crippen MR) is 89.7 cm³/mol. The molecule has 2 aromatic heterocycles. The van der Waals surface area contributed by atoms with Gasteiger partial charge >= 0.3 is 0 Å². The van der Waals surface area contributed by atoms with Crippen molar-refractivity contribution in [2.75, 3.05) is 11.9 Å². The van der Waals surface area contributed by atoms with Crippen LogP contribution in [0.5, 0.6) is 0 Å². The maximum atomic E-state index is 8.93. The van der Waals surface area contributed by atoms with E-state index in [1.54, 1.807) is 10.9 Å². The van der Waals surface area contributed by atoms with Crippen molar-refractivity contribution in [3.05, 3.63) is 59.7 Å². The monoisotopic (exact) mass is 311 g/mol. The van der Waals surface area contributed by atoms with Gasteiger partial charge in [-0.25, -0.2) is 4.68 Å². The summed E-state index contributed by atoms with van der Waals surface area (Å²) in [6.45, 7) is 5.39. The van der Waals surface area contributed by atoms with Crippen LogP contribution in [0.1, 0.15) is 17.0 Å². The molecule has 0 saturated heterocycles. The molecule has 23 heavy (non-hydrogen) atoms. The molecule has 0 aliphatic carbocycles. The van der Waals surface area contributed by atoms with Crippen molar-refractivity contribution in [3.63, 3.8) is 0 Å². The molecule has 2 N–H and O–H groups in total. The lowest BCUT2D eigenvalue weighted by molar-refractivity contribution is 0.269. The number of rotatable bonds is 6. The smallest absolute Gasteiger partial charge is 0.0729 e. The van der Waals surface area contributed by atoms with Gasteiger partial charge in [0, 0.05) is 24.0 Å². The standard InChI is InChI=1S/C17H21N5O/c1-13-17(11-18-15-10-19-21(12-15)8-9-23)14(2)22(20-13)16-6-4-3-5-7-16/h3-7,10,12,18,23H,8-9,11H2,1-2H3. The number of para-hydroxylation sites is 1. The van der Waals surface area contributed by atoms with Crippen LogP contribution in [0.3, 0.4) is 0 Å². The van der Waals surface area contributed by atoms with Crippen molar-refractivity contribution in [1.82, 2.24) is 19.6 Å². The van der Waals surface area contributed by atoms with Crippen LogP contribution in [0.15, 0.2) is 42.7 Å². The number of aryl methyl sites for hydroxylation is 1. The van der Waals surface area contributed by atoms with Gasteiger partial charge in [-0.1, -0.05) is 18.2 Å². The highest BCUT2D eigenvalue weighted by molar-refractivity contribution is 5.42. The third-order valence-electron chi connectivity index (χ3n) is 3.87. The Hall–Kier alpha value is -2.60. The first-order valence-corrected chi connectivity index (χ1v) is 7.66. The second-order valence-electron chi connectivity index (χ2n) is 5.47. The molecule has 0 saturated carbocycles. The van der Waals surface area contributed by atoms with Crippen molar-refractivity contribution >= 4 is 5.69 Å². The van der Waals surface area contributed by atoms with Crippen LogP contribution in [-0.4, -0.2) is 31.3 Å². The number of anilines is 1. The van der Waals surface area contributed by atoms with Gasteiger partial charge in [0.25, 0.3) is 0 Å². The minimum Gasteiger partial charge on any atom is -0.394 e. The van der Waals surface area contributed by atoms with E-state index in [2.05, 4.69) is 34.6 Å². The summed E-state index contributed by atoms with van der Waals surface area (Å²) in [5.74, 6) is 0. The van der Waals surface area contributed by atoms with E-state index in [0.717, 1.165) is 22.8 Å². The molecule has 0 aliphatic rings. The Kier molecular flexibility index (Phi) is 4.43. The molecule has 0 aliphatic heterocycles. The molecule has 0 unspecified atom stereocenters. The summed E-state index contributed by atoms with van der Waals surface area (Å²) < 4.78 is 3.69. The molecule has 6 nitrogen and oxygen atoms in total. The Bertz CT molecular complexity index is 776. The van der Waals surface area contributed by atoms with Crippen LogP contribution < -0.4 is 5.32 Å². The van der Waals surface area contributed by atoms with E-state index >= 15 is 0 Å². The maximum Gasteiger partial charge on any atom is 0.0729 e. The number of aromatic nitrogens is 4. The first-order valence-electron chi connectivity index (χ1n) is 7.66. The number of hydrogen-bond acceptors (Lipinski definition) is 4. The summed E-state index contributed by atoms with van der Waals surface area (Å²) in [7, 11) is 0. The van der Waals surface area contributed by atoms with Crippen LogP contribution in [0, 0.1) is 13.8 Å². The van der Waals surface area contributed by atoms with Crippen molar-refractivity contribution in [1.29, 1.82) is 0 Å².